The second-order valence-electron chi connectivity index (χ2n) is 3.54. The molecule has 0 aliphatic rings. The maximum absolute atomic E-state index is 9.17. The fourth-order valence-electron chi connectivity index (χ4n) is 1.39. The van der Waals surface area contributed by atoms with E-state index < -0.39 is 6.10 Å². The largest absolute Gasteiger partial charge is 0.469 e. The summed E-state index contributed by atoms with van der Waals surface area (Å²) in [7, 11) is 0. The van der Waals surface area contributed by atoms with Crippen molar-refractivity contribution in [2.24, 2.45) is 0 Å². The molecule has 0 saturated heterocycles. The van der Waals surface area contributed by atoms with Gasteiger partial charge in [-0.3, -0.25) is 0 Å². The van der Waals surface area contributed by atoms with E-state index in [0.29, 0.717) is 18.7 Å². The minimum Gasteiger partial charge on any atom is -0.469 e. The SMILES string of the molecule is CC(O)Cc1coc(Cc2ccco2)n1. The average molecular weight is 207 g/mol. The minimum atomic E-state index is -0.397. The van der Waals surface area contributed by atoms with Gasteiger partial charge in [0, 0.05) is 6.42 Å². The molecule has 15 heavy (non-hydrogen) atoms. The van der Waals surface area contributed by atoms with E-state index in [0.717, 1.165) is 11.5 Å². The standard InChI is InChI=1S/C11H13NO3/c1-8(13)5-9-7-15-11(12-9)6-10-3-2-4-14-10/h2-4,7-8,13H,5-6H2,1H3. The molecule has 0 aliphatic heterocycles. The fraction of sp³-hybridized carbons (Fsp3) is 0.364. The summed E-state index contributed by atoms with van der Waals surface area (Å²) < 4.78 is 10.4. The van der Waals surface area contributed by atoms with Gasteiger partial charge >= 0.3 is 0 Å². The second kappa shape index (κ2) is 4.31. The maximum Gasteiger partial charge on any atom is 0.201 e. The van der Waals surface area contributed by atoms with E-state index in [4.69, 9.17) is 8.83 Å². The molecule has 1 unspecified atom stereocenters. The summed E-state index contributed by atoms with van der Waals surface area (Å²) in [6.45, 7) is 1.72. The Labute approximate surface area is 87.6 Å². The lowest BCUT2D eigenvalue weighted by Gasteiger charge is -1.97. The first-order valence-corrected chi connectivity index (χ1v) is 4.88. The highest BCUT2D eigenvalue weighted by Gasteiger charge is 2.08. The van der Waals surface area contributed by atoms with Crippen molar-refractivity contribution in [1.29, 1.82) is 0 Å². The Hall–Kier alpha value is -1.55. The van der Waals surface area contributed by atoms with Gasteiger partial charge in [-0.05, 0) is 19.1 Å². The molecule has 0 aliphatic carbocycles. The number of aliphatic hydroxyl groups is 1. The van der Waals surface area contributed by atoms with Gasteiger partial charge in [0.05, 0.1) is 24.5 Å². The van der Waals surface area contributed by atoms with Crippen molar-refractivity contribution in [3.05, 3.63) is 42.0 Å². The number of hydrogen-bond acceptors (Lipinski definition) is 4. The van der Waals surface area contributed by atoms with Crippen LogP contribution < -0.4 is 0 Å². The summed E-state index contributed by atoms with van der Waals surface area (Å²) in [5, 5.41) is 9.17. The van der Waals surface area contributed by atoms with Crippen LogP contribution in [0.3, 0.4) is 0 Å². The Kier molecular flexibility index (Phi) is 2.87. The van der Waals surface area contributed by atoms with Crippen LogP contribution in [0, 0.1) is 0 Å². The molecule has 80 valence electrons. The second-order valence-corrected chi connectivity index (χ2v) is 3.54. The third kappa shape index (κ3) is 2.70. The molecule has 0 amide bonds. The number of oxazole rings is 1. The van der Waals surface area contributed by atoms with Gasteiger partial charge in [-0.25, -0.2) is 4.98 Å². The Bertz CT molecular complexity index is 403. The monoisotopic (exact) mass is 207 g/mol. The number of hydrogen-bond donors (Lipinski definition) is 1. The zero-order chi connectivity index (χ0) is 10.7. The van der Waals surface area contributed by atoms with Gasteiger partial charge in [0.2, 0.25) is 5.89 Å². The van der Waals surface area contributed by atoms with E-state index in [1.54, 1.807) is 19.5 Å². The molecule has 0 bridgehead atoms. The van der Waals surface area contributed by atoms with Gasteiger partial charge in [-0.2, -0.15) is 0 Å². The van der Waals surface area contributed by atoms with Gasteiger partial charge < -0.3 is 13.9 Å². The Morgan fingerprint density at radius 3 is 3.00 bits per heavy atom. The maximum atomic E-state index is 9.17. The molecule has 0 fully saturated rings. The summed E-state index contributed by atoms with van der Waals surface area (Å²) in [5.41, 5.74) is 0.770. The first kappa shape index (κ1) is 9.98. The average Bonchev–Trinajstić information content (AvgIpc) is 2.77. The quantitative estimate of drug-likeness (QED) is 0.830. The number of aromatic nitrogens is 1. The van der Waals surface area contributed by atoms with E-state index in [-0.39, 0.29) is 0 Å². The van der Waals surface area contributed by atoms with Gasteiger partial charge in [0.25, 0.3) is 0 Å². The van der Waals surface area contributed by atoms with Gasteiger partial charge in [0.15, 0.2) is 0 Å². The van der Waals surface area contributed by atoms with Crippen LogP contribution in [0.1, 0.15) is 24.3 Å². The zero-order valence-electron chi connectivity index (χ0n) is 8.51. The van der Waals surface area contributed by atoms with E-state index >= 15 is 0 Å². The number of rotatable bonds is 4. The van der Waals surface area contributed by atoms with Crippen molar-refractivity contribution in [2.45, 2.75) is 25.9 Å². The molecule has 1 atom stereocenters. The predicted molar refractivity (Wildman–Crippen MR) is 53.4 cm³/mol. The Balaban J connectivity index is 2.01. The molecule has 2 aromatic rings. The van der Waals surface area contributed by atoms with Crippen LogP contribution in [0.5, 0.6) is 0 Å². The molecule has 2 heterocycles. The van der Waals surface area contributed by atoms with Crippen molar-refractivity contribution in [3.63, 3.8) is 0 Å². The number of furan rings is 1. The van der Waals surface area contributed by atoms with Crippen LogP contribution in [-0.2, 0) is 12.8 Å². The molecule has 1 N–H and O–H groups in total. The lowest BCUT2D eigenvalue weighted by molar-refractivity contribution is 0.194. The molecular weight excluding hydrogens is 194 g/mol. The lowest BCUT2D eigenvalue weighted by Crippen LogP contribution is -2.04. The normalized spacial score (nSPS) is 12.9. The summed E-state index contributed by atoms with van der Waals surface area (Å²) in [6, 6.07) is 3.70. The van der Waals surface area contributed by atoms with Crippen molar-refractivity contribution >= 4 is 0 Å². The van der Waals surface area contributed by atoms with E-state index in [1.807, 2.05) is 12.1 Å². The van der Waals surface area contributed by atoms with Crippen molar-refractivity contribution in [3.8, 4) is 0 Å². The molecular formula is C11H13NO3. The number of aliphatic hydroxyl groups excluding tert-OH is 1. The smallest absolute Gasteiger partial charge is 0.201 e. The third-order valence-corrected chi connectivity index (χ3v) is 2.01. The molecule has 0 radical (unpaired) electrons. The third-order valence-electron chi connectivity index (χ3n) is 2.01. The molecule has 0 spiro atoms. The summed E-state index contributed by atoms with van der Waals surface area (Å²) in [5.74, 6) is 1.43. The predicted octanol–water partition coefficient (Wildman–Crippen LogP) is 1.78. The lowest BCUT2D eigenvalue weighted by atomic mass is 10.2. The number of nitrogens with zero attached hydrogens (tertiary/aromatic N) is 1. The van der Waals surface area contributed by atoms with Crippen LogP contribution in [0.4, 0.5) is 0 Å². The Morgan fingerprint density at radius 2 is 2.33 bits per heavy atom. The summed E-state index contributed by atoms with van der Waals surface area (Å²) in [4.78, 5) is 4.24. The topological polar surface area (TPSA) is 59.4 Å². The zero-order valence-corrected chi connectivity index (χ0v) is 8.51. The van der Waals surface area contributed by atoms with E-state index in [1.165, 1.54) is 0 Å². The fourth-order valence-corrected chi connectivity index (χ4v) is 1.39. The van der Waals surface area contributed by atoms with Crippen LogP contribution in [0.2, 0.25) is 0 Å². The molecule has 0 saturated carbocycles. The van der Waals surface area contributed by atoms with Crippen molar-refractivity contribution in [1.82, 2.24) is 4.98 Å². The van der Waals surface area contributed by atoms with Gasteiger partial charge in [-0.1, -0.05) is 0 Å². The first-order chi connectivity index (χ1) is 7.24. The van der Waals surface area contributed by atoms with Crippen LogP contribution >= 0.6 is 0 Å². The van der Waals surface area contributed by atoms with Crippen molar-refractivity contribution in [2.75, 3.05) is 0 Å². The van der Waals surface area contributed by atoms with Crippen LogP contribution in [0.15, 0.2) is 33.5 Å². The van der Waals surface area contributed by atoms with Crippen LogP contribution in [0.25, 0.3) is 0 Å². The molecule has 0 aromatic carbocycles. The van der Waals surface area contributed by atoms with E-state index in [9.17, 15) is 5.11 Å². The Morgan fingerprint density at radius 1 is 1.47 bits per heavy atom. The molecule has 4 heteroatoms. The first-order valence-electron chi connectivity index (χ1n) is 4.88. The van der Waals surface area contributed by atoms with Gasteiger partial charge in [-0.15, -0.1) is 0 Å². The molecule has 2 aromatic heterocycles. The molecule has 4 nitrogen and oxygen atoms in total. The van der Waals surface area contributed by atoms with E-state index in [2.05, 4.69) is 4.98 Å². The highest BCUT2D eigenvalue weighted by Crippen LogP contribution is 2.10. The summed E-state index contributed by atoms with van der Waals surface area (Å²) >= 11 is 0. The molecule has 2 rings (SSSR count). The minimum absolute atomic E-state index is 0.397. The highest BCUT2D eigenvalue weighted by atomic mass is 16.4. The highest BCUT2D eigenvalue weighted by molar-refractivity contribution is 5.07. The van der Waals surface area contributed by atoms with Gasteiger partial charge in [0.1, 0.15) is 12.0 Å². The van der Waals surface area contributed by atoms with Crippen molar-refractivity contribution < 1.29 is 13.9 Å². The van der Waals surface area contributed by atoms with Crippen LogP contribution in [-0.4, -0.2) is 16.2 Å². The summed E-state index contributed by atoms with van der Waals surface area (Å²) in [6.07, 6.45) is 3.86.